The Morgan fingerprint density at radius 2 is 1.09 bits per heavy atom. The van der Waals surface area contributed by atoms with Crippen molar-refractivity contribution in [2.45, 2.75) is 139 Å². The average molecular weight is 1070 g/mol. The molecule has 354 valence electrons. The molecular formula is C61H71N4OPt-3. The van der Waals surface area contributed by atoms with Gasteiger partial charge in [0.05, 0.1) is 0 Å². The molecule has 1 aliphatic rings. The first-order valence-electron chi connectivity index (χ1n) is 23.7. The summed E-state index contributed by atoms with van der Waals surface area (Å²) in [6.07, 6.45) is 1.93. The van der Waals surface area contributed by atoms with E-state index in [1.165, 1.54) is 39.0 Å². The van der Waals surface area contributed by atoms with E-state index in [0.29, 0.717) is 11.5 Å². The van der Waals surface area contributed by atoms with Gasteiger partial charge in [0, 0.05) is 72.2 Å². The smallest absolute Gasteiger partial charge is 0.135 e. The third-order valence-corrected chi connectivity index (χ3v) is 13.2. The van der Waals surface area contributed by atoms with Gasteiger partial charge in [-0.25, -0.2) is 4.98 Å². The first kappa shape index (κ1) is 49.8. The van der Waals surface area contributed by atoms with E-state index < -0.39 is 0 Å². The third-order valence-electron chi connectivity index (χ3n) is 13.2. The fourth-order valence-electron chi connectivity index (χ4n) is 9.49. The Hall–Kier alpha value is -5.12. The van der Waals surface area contributed by atoms with Crippen LogP contribution in [0.3, 0.4) is 0 Å². The number of rotatable bonds is 7. The van der Waals surface area contributed by atoms with Crippen molar-refractivity contribution in [3.8, 4) is 17.3 Å². The van der Waals surface area contributed by atoms with Gasteiger partial charge >= 0.3 is 0 Å². The van der Waals surface area contributed by atoms with Gasteiger partial charge in [0.1, 0.15) is 5.82 Å². The Morgan fingerprint density at radius 3 is 1.72 bits per heavy atom. The largest absolute Gasteiger partial charge is 0.509 e. The maximum absolute atomic E-state index is 7.22. The summed E-state index contributed by atoms with van der Waals surface area (Å²) in [5.74, 6) is 2.12. The van der Waals surface area contributed by atoms with E-state index >= 15 is 0 Å². The molecule has 3 heterocycles. The summed E-state index contributed by atoms with van der Waals surface area (Å²) in [7, 11) is 0. The number of benzene rings is 5. The maximum Gasteiger partial charge on any atom is 0.135 e. The molecule has 5 nitrogen and oxygen atoms in total. The van der Waals surface area contributed by atoms with Gasteiger partial charge in [-0.2, -0.15) is 0 Å². The number of fused-ring (bicyclic) bond motifs is 3. The van der Waals surface area contributed by atoms with Crippen molar-refractivity contribution in [1.29, 1.82) is 0 Å². The molecule has 0 radical (unpaired) electrons. The quantitative estimate of drug-likeness (QED) is 0.149. The molecular weight excluding hydrogens is 1000 g/mol. The molecule has 2 aromatic heterocycles. The van der Waals surface area contributed by atoms with Crippen LogP contribution < -0.4 is 14.5 Å². The molecule has 67 heavy (non-hydrogen) atoms. The van der Waals surface area contributed by atoms with E-state index in [0.717, 1.165) is 39.2 Å². The van der Waals surface area contributed by atoms with Gasteiger partial charge in [-0.15, -0.1) is 53.8 Å². The van der Waals surface area contributed by atoms with Crippen LogP contribution in [0.1, 0.15) is 146 Å². The van der Waals surface area contributed by atoms with Crippen LogP contribution in [0, 0.1) is 29.6 Å². The molecule has 0 spiro atoms. The molecule has 0 atom stereocenters. The Morgan fingerprint density at radius 1 is 0.507 bits per heavy atom. The van der Waals surface area contributed by atoms with Crippen LogP contribution >= 0.6 is 0 Å². The Bertz CT molecular complexity index is 2970. The molecule has 0 bridgehead atoms. The summed E-state index contributed by atoms with van der Waals surface area (Å²) >= 11 is 0. The van der Waals surface area contributed by atoms with Crippen molar-refractivity contribution in [2.24, 2.45) is 10.8 Å². The summed E-state index contributed by atoms with van der Waals surface area (Å²) < 4.78 is 9.49. The van der Waals surface area contributed by atoms with E-state index in [9.17, 15) is 0 Å². The number of hydrogen-bond acceptors (Lipinski definition) is 4. The van der Waals surface area contributed by atoms with Gasteiger partial charge in [0.25, 0.3) is 0 Å². The molecule has 6 heteroatoms. The second-order valence-corrected chi connectivity index (χ2v) is 24.1. The summed E-state index contributed by atoms with van der Waals surface area (Å²) in [5.41, 5.74) is 11.5. The molecule has 0 unspecified atom stereocenters. The molecule has 7 aromatic rings. The SMILES string of the molecule is CC(C)(C)C1=C(C(C)(C)C)N(c2cccc(C(C)(C)C)c2)[CH-]N1c1[c-]c(Oc2[c-]c3c(c(C(C)(C)C)c2)c2ccccc2n3-c2cc(C(C)(C)C)ccn2)cc(C(C)(C)c2ccccc2)c1.[Pt]. The van der Waals surface area contributed by atoms with Crippen LogP contribution in [-0.2, 0) is 42.7 Å². The van der Waals surface area contributed by atoms with Crippen LogP contribution in [-0.4, -0.2) is 9.55 Å². The first-order chi connectivity index (χ1) is 30.6. The van der Waals surface area contributed by atoms with Crippen LogP contribution in [0.25, 0.3) is 27.6 Å². The van der Waals surface area contributed by atoms with Crippen molar-refractivity contribution < 1.29 is 25.8 Å². The Balaban J connectivity index is 0.00000666. The number of hydrogen-bond donors (Lipinski definition) is 0. The summed E-state index contributed by atoms with van der Waals surface area (Å²) in [5, 5.41) is 2.33. The predicted octanol–water partition coefficient (Wildman–Crippen LogP) is 16.5. The van der Waals surface area contributed by atoms with E-state index in [1.807, 2.05) is 6.20 Å². The van der Waals surface area contributed by atoms with E-state index in [-0.39, 0.29) is 53.6 Å². The normalized spacial score (nSPS) is 14.3. The van der Waals surface area contributed by atoms with Crippen molar-refractivity contribution in [1.82, 2.24) is 9.55 Å². The van der Waals surface area contributed by atoms with E-state index in [4.69, 9.17) is 9.72 Å². The minimum atomic E-state index is -0.372. The van der Waals surface area contributed by atoms with Gasteiger partial charge < -0.3 is 19.1 Å². The number of anilines is 2. The Labute approximate surface area is 416 Å². The van der Waals surface area contributed by atoms with Crippen molar-refractivity contribution in [3.63, 3.8) is 0 Å². The second-order valence-electron chi connectivity index (χ2n) is 24.1. The summed E-state index contributed by atoms with van der Waals surface area (Å²) in [6.45, 7) is 41.3. The van der Waals surface area contributed by atoms with Crippen molar-refractivity contribution in [3.05, 3.63) is 173 Å². The molecule has 0 N–H and O–H groups in total. The van der Waals surface area contributed by atoms with Gasteiger partial charge in [-0.1, -0.05) is 189 Å². The second kappa shape index (κ2) is 17.4. The van der Waals surface area contributed by atoms with Crippen LogP contribution in [0.15, 0.2) is 127 Å². The number of nitrogens with zero attached hydrogens (tertiary/aromatic N) is 4. The summed E-state index contributed by atoms with van der Waals surface area (Å²) in [6, 6.07) is 47.2. The maximum atomic E-state index is 7.22. The minimum absolute atomic E-state index is 0. The predicted molar refractivity (Wildman–Crippen MR) is 279 cm³/mol. The van der Waals surface area contributed by atoms with Crippen LogP contribution in [0.5, 0.6) is 11.5 Å². The fourth-order valence-corrected chi connectivity index (χ4v) is 9.49. The minimum Gasteiger partial charge on any atom is -0.509 e. The molecule has 0 fully saturated rings. The first-order valence-corrected chi connectivity index (χ1v) is 23.7. The number of allylic oxidation sites excluding steroid dienone is 2. The molecule has 0 aliphatic carbocycles. The van der Waals surface area contributed by atoms with Gasteiger partial charge in [-0.3, -0.25) is 0 Å². The zero-order chi connectivity index (χ0) is 47.9. The fraction of sp³-hybridized carbons (Fsp3) is 0.377. The molecule has 0 saturated carbocycles. The standard InChI is InChI=1S/C61H71N4O.Pt/c1-56(2,3)41-26-23-27-44(32-41)63-39-64(55(60(13,14)15)54(63)59(10,11)12)45-33-43(61(16,17)40-24-19-18-20-25-40)34-46(36-45)66-47-37-49(58(7,8)9)53-48-28-21-22-29-50(48)65(51(53)38-47)52-35-42(30-31-62-52)57(4,5)6;/h18-35,37,39H,1-17H3;/q-3;. The van der Waals surface area contributed by atoms with Crippen molar-refractivity contribution >= 4 is 33.2 Å². The molecule has 8 rings (SSSR count). The third kappa shape index (κ3) is 9.65. The number of pyridine rings is 1. The topological polar surface area (TPSA) is 33.5 Å². The summed E-state index contributed by atoms with van der Waals surface area (Å²) in [4.78, 5) is 9.79. The zero-order valence-electron chi connectivity index (χ0n) is 43.1. The number of ether oxygens (including phenoxy) is 1. The number of aromatic nitrogens is 2. The zero-order valence-corrected chi connectivity index (χ0v) is 45.3. The van der Waals surface area contributed by atoms with Crippen molar-refractivity contribution in [2.75, 3.05) is 9.80 Å². The molecule has 0 saturated heterocycles. The van der Waals surface area contributed by atoms with Crippen LogP contribution in [0.4, 0.5) is 11.4 Å². The van der Waals surface area contributed by atoms with E-state index in [2.05, 4.69) is 260 Å². The van der Waals surface area contributed by atoms with Gasteiger partial charge in [0.2, 0.25) is 0 Å². The number of para-hydroxylation sites is 1. The molecule has 5 aromatic carbocycles. The molecule has 0 amide bonds. The average Bonchev–Trinajstić information content (AvgIpc) is 3.81. The molecule has 1 aliphatic heterocycles. The Kier molecular flexibility index (Phi) is 13.0. The van der Waals surface area contributed by atoms with Gasteiger partial charge in [0.15, 0.2) is 0 Å². The van der Waals surface area contributed by atoms with E-state index in [1.54, 1.807) is 0 Å². The monoisotopic (exact) mass is 1070 g/mol. The van der Waals surface area contributed by atoms with Gasteiger partial charge in [-0.05, 0) is 74.1 Å². The van der Waals surface area contributed by atoms with Crippen LogP contribution in [0.2, 0.25) is 0 Å².